The van der Waals surface area contributed by atoms with E-state index in [-0.39, 0.29) is 12.5 Å². The lowest BCUT2D eigenvalue weighted by molar-refractivity contribution is -0.125. The quantitative estimate of drug-likeness (QED) is 0.379. The molecule has 3 aromatic carbocycles. The van der Waals surface area contributed by atoms with Gasteiger partial charge in [-0.3, -0.25) is 4.79 Å². The van der Waals surface area contributed by atoms with Crippen molar-refractivity contribution in [1.29, 1.82) is 0 Å². The van der Waals surface area contributed by atoms with Crippen molar-refractivity contribution in [2.45, 2.75) is 43.1 Å². The van der Waals surface area contributed by atoms with E-state index < -0.39 is 23.7 Å². The number of aliphatic hydroxyl groups excluding tert-OH is 3. The van der Waals surface area contributed by atoms with E-state index >= 15 is 0 Å². The van der Waals surface area contributed by atoms with Crippen molar-refractivity contribution in [2.24, 2.45) is 0 Å². The number of likely N-dealkylation sites (tertiary alicyclic amines) is 1. The number of carbonyl (C=O) groups is 1. The van der Waals surface area contributed by atoms with Gasteiger partial charge >= 0.3 is 0 Å². The first-order valence-electron chi connectivity index (χ1n) is 13.0. The molecule has 194 valence electrons. The molecule has 2 saturated heterocycles. The van der Waals surface area contributed by atoms with E-state index in [4.69, 9.17) is 0 Å². The van der Waals surface area contributed by atoms with E-state index in [1.165, 1.54) is 0 Å². The number of piperidine rings is 1. The molecule has 7 heteroatoms. The fourth-order valence-corrected chi connectivity index (χ4v) is 5.83. The number of nitrogens with zero attached hydrogens (tertiary/aromatic N) is 2. The van der Waals surface area contributed by atoms with Gasteiger partial charge in [0.2, 0.25) is 5.91 Å². The minimum Gasteiger partial charge on any atom is -0.392 e. The number of rotatable bonds is 8. The van der Waals surface area contributed by atoms with Crippen LogP contribution < -0.4 is 10.2 Å². The van der Waals surface area contributed by atoms with E-state index in [0.717, 1.165) is 16.8 Å². The van der Waals surface area contributed by atoms with E-state index in [1.54, 1.807) is 24.3 Å². The zero-order valence-electron chi connectivity index (χ0n) is 20.9. The average molecular weight is 502 g/mol. The first-order valence-corrected chi connectivity index (χ1v) is 13.0. The van der Waals surface area contributed by atoms with Crippen molar-refractivity contribution in [3.63, 3.8) is 0 Å². The lowest BCUT2D eigenvalue weighted by atomic mass is 9.83. The van der Waals surface area contributed by atoms with Gasteiger partial charge in [0.1, 0.15) is 5.54 Å². The number of carbonyl (C=O) groups excluding carboxylic acids is 1. The summed E-state index contributed by atoms with van der Waals surface area (Å²) in [5, 5.41) is 35.2. The molecule has 2 heterocycles. The van der Waals surface area contributed by atoms with Crippen LogP contribution in [0.25, 0.3) is 0 Å². The molecule has 1 amide bonds. The number of aliphatic hydroxyl groups is 3. The summed E-state index contributed by atoms with van der Waals surface area (Å²) >= 11 is 0. The van der Waals surface area contributed by atoms with Crippen LogP contribution in [0.2, 0.25) is 0 Å². The molecule has 2 aliphatic rings. The second-order valence-corrected chi connectivity index (χ2v) is 10.1. The summed E-state index contributed by atoms with van der Waals surface area (Å²) in [5.41, 5.74) is 2.80. The van der Waals surface area contributed by atoms with Crippen LogP contribution in [0, 0.1) is 0 Å². The Hall–Kier alpha value is -3.23. The number of β-amino-alcohol motifs (C(OH)–C–C–N with tert-alkyl or cyclic N) is 1. The highest BCUT2D eigenvalue weighted by atomic mass is 16.3. The number of benzene rings is 3. The Balaban J connectivity index is 1.30. The Morgan fingerprint density at radius 3 is 2.08 bits per heavy atom. The van der Waals surface area contributed by atoms with Crippen molar-refractivity contribution in [3.05, 3.63) is 102 Å². The van der Waals surface area contributed by atoms with Crippen LogP contribution in [0.15, 0.2) is 84.9 Å². The number of amides is 1. The van der Waals surface area contributed by atoms with Crippen molar-refractivity contribution < 1.29 is 20.1 Å². The molecule has 3 aromatic rings. The average Bonchev–Trinajstić information content (AvgIpc) is 3.26. The molecule has 3 unspecified atom stereocenters. The Morgan fingerprint density at radius 2 is 1.46 bits per heavy atom. The highest BCUT2D eigenvalue weighted by molar-refractivity contribution is 5.93. The normalized spacial score (nSPS) is 20.0. The molecule has 5 rings (SSSR count). The minimum absolute atomic E-state index is 0.0582. The van der Waals surface area contributed by atoms with Crippen LogP contribution in [0.1, 0.15) is 41.6 Å². The number of anilines is 1. The number of hydrogen-bond donors (Lipinski definition) is 4. The third-order valence-corrected chi connectivity index (χ3v) is 7.98. The summed E-state index contributed by atoms with van der Waals surface area (Å²) in [6, 6.07) is 26.9. The van der Waals surface area contributed by atoms with E-state index in [1.807, 2.05) is 60.7 Å². The fraction of sp³-hybridized carbons (Fsp3) is 0.367. The summed E-state index contributed by atoms with van der Waals surface area (Å²) in [4.78, 5) is 17.4. The van der Waals surface area contributed by atoms with E-state index in [9.17, 15) is 20.1 Å². The van der Waals surface area contributed by atoms with Crippen molar-refractivity contribution in [1.82, 2.24) is 10.2 Å². The van der Waals surface area contributed by atoms with Crippen LogP contribution in [-0.4, -0.2) is 64.1 Å². The number of para-hydroxylation sites is 1. The summed E-state index contributed by atoms with van der Waals surface area (Å²) in [6.45, 7) is 2.20. The van der Waals surface area contributed by atoms with Crippen LogP contribution in [0.3, 0.4) is 0 Å². The molecular formula is C30H35N3O4. The van der Waals surface area contributed by atoms with Gasteiger partial charge in [0.15, 0.2) is 0 Å². The SMILES string of the molecule is O=C1NCN(c2ccccc2)C12CCN(CC(O)C(c1ccccc1)C(O)c1ccc(CO)cc1)CC2. The topological polar surface area (TPSA) is 96.3 Å². The molecule has 1 spiro atoms. The van der Waals surface area contributed by atoms with Gasteiger partial charge in [-0.2, -0.15) is 0 Å². The second-order valence-electron chi connectivity index (χ2n) is 10.1. The van der Waals surface area contributed by atoms with Gasteiger partial charge in [-0.15, -0.1) is 0 Å². The zero-order chi connectivity index (χ0) is 25.8. The fourth-order valence-electron chi connectivity index (χ4n) is 5.83. The van der Waals surface area contributed by atoms with Gasteiger partial charge in [0.05, 0.1) is 25.5 Å². The van der Waals surface area contributed by atoms with Crippen LogP contribution in [-0.2, 0) is 11.4 Å². The van der Waals surface area contributed by atoms with Crippen molar-refractivity contribution in [3.8, 4) is 0 Å². The van der Waals surface area contributed by atoms with Gasteiger partial charge in [0, 0.05) is 31.2 Å². The Kier molecular flexibility index (Phi) is 7.58. The van der Waals surface area contributed by atoms with Gasteiger partial charge in [-0.05, 0) is 41.7 Å². The maximum absolute atomic E-state index is 13.0. The maximum atomic E-state index is 13.0. The van der Waals surface area contributed by atoms with Crippen LogP contribution >= 0.6 is 0 Å². The predicted octanol–water partition coefficient (Wildman–Crippen LogP) is 2.79. The molecule has 7 nitrogen and oxygen atoms in total. The van der Waals surface area contributed by atoms with Gasteiger partial charge in [0.25, 0.3) is 0 Å². The Bertz CT molecular complexity index is 1160. The number of hydrogen-bond acceptors (Lipinski definition) is 6. The van der Waals surface area contributed by atoms with Gasteiger partial charge in [-0.1, -0.05) is 72.8 Å². The molecule has 0 aliphatic carbocycles. The van der Waals surface area contributed by atoms with Crippen LogP contribution in [0.4, 0.5) is 5.69 Å². The first kappa shape index (κ1) is 25.4. The van der Waals surface area contributed by atoms with Crippen molar-refractivity contribution in [2.75, 3.05) is 31.2 Å². The predicted molar refractivity (Wildman–Crippen MR) is 143 cm³/mol. The molecule has 2 aliphatic heterocycles. The summed E-state index contributed by atoms with van der Waals surface area (Å²) < 4.78 is 0. The largest absolute Gasteiger partial charge is 0.392 e. The molecule has 0 radical (unpaired) electrons. The third-order valence-electron chi connectivity index (χ3n) is 7.98. The van der Waals surface area contributed by atoms with Gasteiger partial charge in [-0.25, -0.2) is 0 Å². The van der Waals surface area contributed by atoms with Crippen molar-refractivity contribution >= 4 is 11.6 Å². The molecule has 4 N–H and O–H groups in total. The zero-order valence-corrected chi connectivity index (χ0v) is 20.9. The van der Waals surface area contributed by atoms with Crippen LogP contribution in [0.5, 0.6) is 0 Å². The highest BCUT2D eigenvalue weighted by Crippen LogP contribution is 2.38. The first-order chi connectivity index (χ1) is 18.0. The van der Waals surface area contributed by atoms with E-state index in [2.05, 4.69) is 15.1 Å². The monoisotopic (exact) mass is 501 g/mol. The molecule has 3 atom stereocenters. The Morgan fingerprint density at radius 1 is 0.838 bits per heavy atom. The highest BCUT2D eigenvalue weighted by Gasteiger charge is 2.50. The maximum Gasteiger partial charge on any atom is 0.247 e. The lowest BCUT2D eigenvalue weighted by Crippen LogP contribution is -2.57. The Labute approximate surface area is 218 Å². The minimum atomic E-state index is -0.907. The molecular weight excluding hydrogens is 466 g/mol. The summed E-state index contributed by atoms with van der Waals surface area (Å²) in [7, 11) is 0. The lowest BCUT2D eigenvalue weighted by Gasteiger charge is -2.44. The summed E-state index contributed by atoms with van der Waals surface area (Å²) in [6.07, 6.45) is -0.384. The smallest absolute Gasteiger partial charge is 0.247 e. The number of nitrogens with one attached hydrogen (secondary N) is 1. The van der Waals surface area contributed by atoms with Gasteiger partial charge < -0.3 is 30.4 Å². The molecule has 0 bridgehead atoms. The molecule has 0 aromatic heterocycles. The second kappa shape index (κ2) is 11.0. The third kappa shape index (κ3) is 5.13. The molecule has 2 fully saturated rings. The molecule has 37 heavy (non-hydrogen) atoms. The standard InChI is InChI=1S/C30H35N3O4/c34-20-22-11-13-24(14-12-22)28(36)27(23-7-3-1-4-8-23)26(35)19-32-17-15-30(16-18-32)29(37)31-21-33(30)25-9-5-2-6-10-25/h1-14,26-28,34-36H,15-21H2,(H,31,37). The molecule has 0 saturated carbocycles. The van der Waals surface area contributed by atoms with E-state index in [0.29, 0.717) is 44.7 Å². The summed E-state index contributed by atoms with van der Waals surface area (Å²) in [5.74, 6) is -0.451.